The van der Waals surface area contributed by atoms with Gasteiger partial charge < -0.3 is 9.47 Å². The third kappa shape index (κ3) is 3.48. The molecule has 0 radical (unpaired) electrons. The first-order valence-corrected chi connectivity index (χ1v) is 7.21. The van der Waals surface area contributed by atoms with Crippen LogP contribution in [0.2, 0.25) is 0 Å². The Labute approximate surface area is 134 Å². The van der Waals surface area contributed by atoms with Crippen LogP contribution in [0.5, 0.6) is 17.4 Å². The first-order valence-electron chi connectivity index (χ1n) is 7.21. The molecule has 2 aromatic carbocycles. The quantitative estimate of drug-likeness (QED) is 0.636. The Morgan fingerprint density at radius 3 is 2.30 bits per heavy atom. The predicted octanol–water partition coefficient (Wildman–Crippen LogP) is 5.00. The van der Waals surface area contributed by atoms with Gasteiger partial charge in [-0.05, 0) is 36.2 Å². The van der Waals surface area contributed by atoms with Crippen molar-refractivity contribution in [2.24, 2.45) is 0 Å². The van der Waals surface area contributed by atoms with E-state index in [1.807, 2.05) is 19.1 Å². The van der Waals surface area contributed by atoms with Crippen molar-refractivity contribution < 1.29 is 13.9 Å². The molecular formula is C19H16FNO2. The van der Waals surface area contributed by atoms with Crippen LogP contribution in [0.3, 0.4) is 0 Å². The number of ether oxygens (including phenoxy) is 2. The average Bonchev–Trinajstić information content (AvgIpc) is 2.56. The van der Waals surface area contributed by atoms with Crippen LogP contribution in [0, 0.1) is 12.9 Å². The minimum Gasteiger partial charge on any atom is -0.493 e. The Bertz CT molecular complexity index is 816. The summed E-state index contributed by atoms with van der Waals surface area (Å²) >= 11 is 0. The molecule has 1 aromatic heterocycles. The molecule has 0 amide bonds. The maximum Gasteiger partial charge on any atom is 0.222 e. The van der Waals surface area contributed by atoms with Crippen molar-refractivity contribution in [3.8, 4) is 28.5 Å². The summed E-state index contributed by atoms with van der Waals surface area (Å²) < 4.78 is 24.2. The molecule has 0 spiro atoms. The van der Waals surface area contributed by atoms with Crippen molar-refractivity contribution >= 4 is 0 Å². The summed E-state index contributed by atoms with van der Waals surface area (Å²) in [6, 6.07) is 18.2. The SMILES string of the molecule is COc1cc(-c2ccc(C)cc2)ccc1Oc1cccc(F)n1. The van der Waals surface area contributed by atoms with Crippen molar-refractivity contribution in [3.63, 3.8) is 0 Å². The lowest BCUT2D eigenvalue weighted by molar-refractivity contribution is 0.371. The van der Waals surface area contributed by atoms with Crippen LogP contribution in [0.25, 0.3) is 11.1 Å². The van der Waals surface area contributed by atoms with Gasteiger partial charge in [0.05, 0.1) is 7.11 Å². The third-order valence-electron chi connectivity index (χ3n) is 3.45. The van der Waals surface area contributed by atoms with E-state index in [4.69, 9.17) is 9.47 Å². The molecule has 1 heterocycles. The summed E-state index contributed by atoms with van der Waals surface area (Å²) in [4.78, 5) is 3.69. The number of hydrogen-bond acceptors (Lipinski definition) is 3. The van der Waals surface area contributed by atoms with Gasteiger partial charge in [0.2, 0.25) is 11.8 Å². The monoisotopic (exact) mass is 309 g/mol. The van der Waals surface area contributed by atoms with Gasteiger partial charge in [-0.1, -0.05) is 42.0 Å². The zero-order chi connectivity index (χ0) is 16.2. The third-order valence-corrected chi connectivity index (χ3v) is 3.45. The number of aromatic nitrogens is 1. The highest BCUT2D eigenvalue weighted by atomic mass is 19.1. The first-order chi connectivity index (χ1) is 11.2. The van der Waals surface area contributed by atoms with Crippen LogP contribution in [0.15, 0.2) is 60.7 Å². The van der Waals surface area contributed by atoms with Crippen LogP contribution in [-0.2, 0) is 0 Å². The van der Waals surface area contributed by atoms with Crippen LogP contribution < -0.4 is 9.47 Å². The van der Waals surface area contributed by atoms with Gasteiger partial charge in [0.1, 0.15) is 0 Å². The van der Waals surface area contributed by atoms with Crippen LogP contribution in [0.1, 0.15) is 5.56 Å². The normalized spacial score (nSPS) is 10.4. The molecule has 0 aliphatic rings. The Morgan fingerprint density at radius 2 is 1.61 bits per heavy atom. The first kappa shape index (κ1) is 15.0. The molecule has 23 heavy (non-hydrogen) atoms. The number of rotatable bonds is 4. The largest absolute Gasteiger partial charge is 0.493 e. The van der Waals surface area contributed by atoms with Crippen LogP contribution >= 0.6 is 0 Å². The van der Waals surface area contributed by atoms with Crippen molar-refractivity contribution in [1.82, 2.24) is 4.98 Å². The zero-order valence-corrected chi connectivity index (χ0v) is 12.9. The van der Waals surface area contributed by atoms with Gasteiger partial charge in [0, 0.05) is 6.07 Å². The number of nitrogens with zero attached hydrogens (tertiary/aromatic N) is 1. The summed E-state index contributed by atoms with van der Waals surface area (Å²) in [5.74, 6) is 0.653. The van der Waals surface area contributed by atoms with E-state index in [1.165, 1.54) is 11.6 Å². The molecule has 0 saturated carbocycles. The van der Waals surface area contributed by atoms with Crippen molar-refractivity contribution in [2.75, 3.05) is 7.11 Å². The fraction of sp³-hybridized carbons (Fsp3) is 0.105. The van der Waals surface area contributed by atoms with Crippen molar-refractivity contribution in [2.45, 2.75) is 6.92 Å². The van der Waals surface area contributed by atoms with Gasteiger partial charge in [0.15, 0.2) is 11.5 Å². The van der Waals surface area contributed by atoms with E-state index in [-0.39, 0.29) is 5.88 Å². The van der Waals surface area contributed by atoms with Crippen molar-refractivity contribution in [1.29, 1.82) is 0 Å². The Morgan fingerprint density at radius 1 is 0.870 bits per heavy atom. The Hall–Kier alpha value is -2.88. The van der Waals surface area contributed by atoms with Crippen LogP contribution in [-0.4, -0.2) is 12.1 Å². The van der Waals surface area contributed by atoms with Gasteiger partial charge in [-0.25, -0.2) is 0 Å². The molecule has 0 atom stereocenters. The maximum absolute atomic E-state index is 13.1. The molecule has 0 saturated heterocycles. The summed E-state index contributed by atoms with van der Waals surface area (Å²) in [5.41, 5.74) is 3.31. The molecular weight excluding hydrogens is 293 g/mol. The van der Waals surface area contributed by atoms with Crippen LogP contribution in [0.4, 0.5) is 4.39 Å². The fourth-order valence-electron chi connectivity index (χ4n) is 2.24. The highest BCUT2D eigenvalue weighted by Crippen LogP contribution is 2.35. The fourth-order valence-corrected chi connectivity index (χ4v) is 2.24. The lowest BCUT2D eigenvalue weighted by Crippen LogP contribution is -1.94. The second-order valence-electron chi connectivity index (χ2n) is 5.13. The molecule has 3 rings (SSSR count). The molecule has 3 aromatic rings. The number of methoxy groups -OCH3 is 1. The standard InChI is InChI=1S/C19H16FNO2/c1-13-6-8-14(9-7-13)15-10-11-16(17(12-15)22-2)23-19-5-3-4-18(20)21-19/h3-12H,1-2H3. The zero-order valence-electron chi connectivity index (χ0n) is 12.9. The summed E-state index contributed by atoms with van der Waals surface area (Å²) in [5, 5.41) is 0. The second-order valence-corrected chi connectivity index (χ2v) is 5.13. The second kappa shape index (κ2) is 6.48. The van der Waals surface area contributed by atoms with E-state index in [1.54, 1.807) is 25.3 Å². The van der Waals surface area contributed by atoms with Gasteiger partial charge in [-0.2, -0.15) is 9.37 Å². The molecule has 0 aliphatic heterocycles. The number of aryl methyl sites for hydroxylation is 1. The predicted molar refractivity (Wildman–Crippen MR) is 87.4 cm³/mol. The van der Waals surface area contributed by atoms with E-state index in [0.717, 1.165) is 11.1 Å². The molecule has 0 fully saturated rings. The molecule has 3 nitrogen and oxygen atoms in total. The highest BCUT2D eigenvalue weighted by Gasteiger charge is 2.09. The van der Waals surface area contributed by atoms with Crippen molar-refractivity contribution in [3.05, 3.63) is 72.2 Å². The molecule has 0 bridgehead atoms. The van der Waals surface area contributed by atoms with Gasteiger partial charge in [-0.3, -0.25) is 0 Å². The van der Waals surface area contributed by atoms with E-state index in [2.05, 4.69) is 29.2 Å². The van der Waals surface area contributed by atoms with E-state index in [9.17, 15) is 4.39 Å². The number of pyridine rings is 1. The highest BCUT2D eigenvalue weighted by molar-refractivity contribution is 5.67. The molecule has 116 valence electrons. The molecule has 0 aliphatic carbocycles. The molecule has 0 N–H and O–H groups in total. The van der Waals surface area contributed by atoms with Gasteiger partial charge in [0.25, 0.3) is 0 Å². The van der Waals surface area contributed by atoms with E-state index < -0.39 is 5.95 Å². The summed E-state index contributed by atoms with van der Waals surface area (Å²) in [7, 11) is 1.57. The molecule has 0 unspecified atom stereocenters. The van der Waals surface area contributed by atoms with E-state index >= 15 is 0 Å². The Balaban J connectivity index is 1.92. The summed E-state index contributed by atoms with van der Waals surface area (Å²) in [6.07, 6.45) is 0. The Kier molecular flexibility index (Phi) is 4.24. The smallest absolute Gasteiger partial charge is 0.222 e. The molecule has 4 heteroatoms. The van der Waals surface area contributed by atoms with Gasteiger partial charge in [-0.15, -0.1) is 0 Å². The lowest BCUT2D eigenvalue weighted by atomic mass is 10.0. The topological polar surface area (TPSA) is 31.4 Å². The summed E-state index contributed by atoms with van der Waals surface area (Å²) in [6.45, 7) is 2.05. The average molecular weight is 309 g/mol. The maximum atomic E-state index is 13.1. The number of benzene rings is 2. The van der Waals surface area contributed by atoms with Gasteiger partial charge >= 0.3 is 0 Å². The minimum atomic E-state index is -0.585. The van der Waals surface area contributed by atoms with E-state index in [0.29, 0.717) is 11.5 Å². The minimum absolute atomic E-state index is 0.186. The number of halogens is 1. The lowest BCUT2D eigenvalue weighted by Gasteiger charge is -2.11. The number of hydrogen-bond donors (Lipinski definition) is 0.